The molecule has 0 aliphatic carbocycles. The molecular weight excluding hydrogens is 1120 g/mol. The standard InChI is InChI=1S/C9H8O2.C8H7NO.C8H6O2.C7H5NO2.2C6H8N2O.6C5H12/c10-8-5-7-3-1-2-4-9(7)11-6-8;10-8-5-6-3-1-2-4-7(6)9-8;9-8-5-6-3-1-2-4-7(6)10-8;9-7-8-5-3-1-2-4-6(5)10-7;1-2-8-3-4-9-5-6(8)7-1;1-2-7-8-3-4-9-5-6(1)8;6*1-5(2,3)4/h1-4H,5-6H2;1-4H,5H2,(H,9,10);1-4H,5H2;1-4H,(H,8,9);2*1-2H,3-5H2;6*1-4H3. The van der Waals surface area contributed by atoms with Gasteiger partial charge in [-0.1, -0.05) is 233 Å². The molecule has 3 aromatic heterocycles. The van der Waals surface area contributed by atoms with Gasteiger partial charge in [0.25, 0.3) is 0 Å². The summed E-state index contributed by atoms with van der Waals surface area (Å²) in [4.78, 5) is 49.6. The third kappa shape index (κ3) is 46.7. The largest absolute Gasteiger partial charge is 0.486 e. The van der Waals surface area contributed by atoms with E-state index in [4.69, 9.17) is 23.4 Å². The van der Waals surface area contributed by atoms with E-state index in [-0.39, 0.29) is 24.3 Å². The van der Waals surface area contributed by atoms with Gasteiger partial charge in [0.1, 0.15) is 30.5 Å². The number of imidazole rings is 1. The number of nitrogens with one attached hydrogen (secondary N) is 2. The Morgan fingerprint density at radius 2 is 0.944 bits per heavy atom. The number of esters is 1. The molecule has 8 heterocycles. The summed E-state index contributed by atoms with van der Waals surface area (Å²) in [6.45, 7) is 57.6. The number of fused-ring (bicyclic) bond motifs is 6. The number of oxazole rings is 1. The summed E-state index contributed by atoms with van der Waals surface area (Å²) in [5.41, 5.74) is 9.59. The van der Waals surface area contributed by atoms with E-state index in [1.165, 1.54) is 5.69 Å². The molecule has 0 bridgehead atoms. The molecule has 7 aromatic rings. The molecule has 5 aliphatic rings. The van der Waals surface area contributed by atoms with E-state index in [1.807, 2.05) is 108 Å². The molecule has 494 valence electrons. The number of carbonyl (C=O) groups excluding carboxylic acids is 3. The van der Waals surface area contributed by atoms with Crippen LogP contribution in [0.3, 0.4) is 0 Å². The second-order valence-corrected chi connectivity index (χ2v) is 31.5. The van der Waals surface area contributed by atoms with Gasteiger partial charge in [0.15, 0.2) is 11.4 Å². The first-order valence-electron chi connectivity index (χ1n) is 31.0. The van der Waals surface area contributed by atoms with Gasteiger partial charge in [-0.05, 0) is 74.5 Å². The summed E-state index contributed by atoms with van der Waals surface area (Å²) in [5.74, 6) is 2.31. The number of hydrogen-bond donors (Lipinski definition) is 2. The van der Waals surface area contributed by atoms with Gasteiger partial charge in [-0.3, -0.25) is 24.0 Å². The average molecular weight is 1230 g/mol. The highest BCUT2D eigenvalue weighted by Gasteiger charge is 2.19. The molecule has 0 fully saturated rings. The van der Waals surface area contributed by atoms with Crippen molar-refractivity contribution >= 4 is 34.4 Å². The quantitative estimate of drug-likeness (QED) is 0.109. The zero-order valence-electron chi connectivity index (χ0n) is 59.1. The summed E-state index contributed by atoms with van der Waals surface area (Å²) >= 11 is 0. The number of Topliss-reactive ketones (excluding diaryl/α,β-unsaturated/α-hetero) is 1. The van der Waals surface area contributed by atoms with Crippen LogP contribution >= 0.6 is 0 Å². The molecule has 0 saturated heterocycles. The molecule has 0 spiro atoms. The molecule has 4 aromatic carbocycles. The van der Waals surface area contributed by atoms with Crippen molar-refractivity contribution in [3.8, 4) is 11.5 Å². The first-order chi connectivity index (χ1) is 40.9. The first kappa shape index (κ1) is 79.9. The zero-order chi connectivity index (χ0) is 67.8. The van der Waals surface area contributed by atoms with Crippen LogP contribution in [0.1, 0.15) is 194 Å². The Hall–Kier alpha value is -7.10. The lowest BCUT2D eigenvalue weighted by Crippen LogP contribution is -2.19. The summed E-state index contributed by atoms with van der Waals surface area (Å²) < 4.78 is 29.3. The molecule has 0 radical (unpaired) electrons. The molecule has 89 heavy (non-hydrogen) atoms. The van der Waals surface area contributed by atoms with Crippen molar-refractivity contribution in [1.29, 1.82) is 0 Å². The second-order valence-electron chi connectivity index (χ2n) is 31.5. The number of amides is 1. The van der Waals surface area contributed by atoms with Crippen LogP contribution in [-0.2, 0) is 69.4 Å². The van der Waals surface area contributed by atoms with Crippen LogP contribution < -0.4 is 20.5 Å². The van der Waals surface area contributed by atoms with Gasteiger partial charge in [-0.25, -0.2) is 9.78 Å². The maximum Gasteiger partial charge on any atom is 0.417 e. The van der Waals surface area contributed by atoms with Crippen LogP contribution in [0.5, 0.6) is 11.5 Å². The molecule has 0 atom stereocenters. The Morgan fingerprint density at radius 3 is 1.46 bits per heavy atom. The van der Waals surface area contributed by atoms with Crippen LogP contribution in [0.15, 0.2) is 131 Å². The van der Waals surface area contributed by atoms with E-state index in [0.29, 0.717) is 69.7 Å². The summed E-state index contributed by atoms with van der Waals surface area (Å²) in [5, 5.41) is 6.85. The fourth-order valence-electron chi connectivity index (χ4n) is 6.36. The van der Waals surface area contributed by atoms with E-state index < -0.39 is 5.76 Å². The van der Waals surface area contributed by atoms with Crippen LogP contribution in [-0.4, -0.2) is 61.8 Å². The van der Waals surface area contributed by atoms with Crippen LogP contribution in [0, 0.1) is 32.5 Å². The van der Waals surface area contributed by atoms with Crippen molar-refractivity contribution < 1.29 is 37.7 Å². The number of ketones is 1. The molecule has 15 heteroatoms. The van der Waals surface area contributed by atoms with E-state index in [0.717, 1.165) is 72.4 Å². The molecule has 5 aliphatic heterocycles. The number of rotatable bonds is 0. The van der Waals surface area contributed by atoms with Crippen LogP contribution in [0.2, 0.25) is 0 Å². The van der Waals surface area contributed by atoms with Crippen molar-refractivity contribution in [2.75, 3.05) is 25.1 Å². The molecule has 12 rings (SSSR count). The Balaban J connectivity index is 0.000000493. The first-order valence-corrected chi connectivity index (χ1v) is 31.0. The van der Waals surface area contributed by atoms with Crippen LogP contribution in [0.25, 0.3) is 11.1 Å². The van der Waals surface area contributed by atoms with Gasteiger partial charge in [0.05, 0.1) is 50.4 Å². The van der Waals surface area contributed by atoms with E-state index >= 15 is 0 Å². The Kier molecular flexibility index (Phi) is 34.5. The molecule has 1 amide bonds. The fraction of sp³-hybridized carbons (Fsp3) is 0.541. The van der Waals surface area contributed by atoms with Gasteiger partial charge in [0, 0.05) is 48.4 Å². The number of H-pyrrole nitrogens is 1. The number of hydrogen-bond acceptors (Lipinski definition) is 11. The number of benzene rings is 4. The highest BCUT2D eigenvalue weighted by molar-refractivity contribution is 5.99. The van der Waals surface area contributed by atoms with Crippen molar-refractivity contribution in [1.82, 2.24) is 24.3 Å². The van der Waals surface area contributed by atoms with Crippen molar-refractivity contribution in [3.05, 3.63) is 160 Å². The smallest absolute Gasteiger partial charge is 0.417 e. The number of aromatic nitrogens is 5. The Bertz CT molecular complexity index is 2810. The number of ether oxygens (including phenoxy) is 4. The van der Waals surface area contributed by atoms with E-state index in [9.17, 15) is 19.2 Å². The average Bonchev–Trinajstić information content (AvgIpc) is 4.49. The summed E-state index contributed by atoms with van der Waals surface area (Å²) in [7, 11) is 0. The fourth-order valence-corrected chi connectivity index (χ4v) is 6.36. The predicted octanol–water partition coefficient (Wildman–Crippen LogP) is 17.8. The van der Waals surface area contributed by atoms with E-state index in [1.54, 1.807) is 18.2 Å². The second kappa shape index (κ2) is 38.4. The van der Waals surface area contributed by atoms with Crippen molar-refractivity contribution in [2.45, 2.75) is 212 Å². The molecule has 0 saturated carbocycles. The SMILES string of the molecule is CC(C)(C)C.CC(C)(C)C.CC(C)(C)C.CC(C)(C)C.CC(C)(C)C.CC(C)(C)C.O=C1COc2ccccc2C1.O=C1Cc2ccccc2N1.O=C1Cc2ccccc2O1.O=c1[nH]c2ccccc2o1.c1cc2n(n1)CCOC2.c1cn2c(n1)COCC2. The number of carbonyl (C=O) groups is 3. The van der Waals surface area contributed by atoms with Gasteiger partial charge < -0.3 is 33.2 Å². The third-order valence-corrected chi connectivity index (χ3v) is 9.26. The maximum atomic E-state index is 10.9. The van der Waals surface area contributed by atoms with Gasteiger partial charge in [0.2, 0.25) is 5.91 Å². The minimum absolute atomic E-state index is 0.0983. The van der Waals surface area contributed by atoms with Crippen molar-refractivity contribution in [3.63, 3.8) is 0 Å². The minimum Gasteiger partial charge on any atom is -0.486 e. The highest BCUT2D eigenvalue weighted by Crippen LogP contribution is 2.25. The van der Waals surface area contributed by atoms with E-state index in [2.05, 4.69) is 191 Å². The third-order valence-electron chi connectivity index (χ3n) is 9.26. The number of para-hydroxylation sites is 5. The van der Waals surface area contributed by atoms with Gasteiger partial charge in [-0.2, -0.15) is 5.10 Å². The van der Waals surface area contributed by atoms with Crippen LogP contribution in [0.4, 0.5) is 5.69 Å². The predicted molar refractivity (Wildman–Crippen MR) is 367 cm³/mol. The topological polar surface area (TPSA) is 182 Å². The summed E-state index contributed by atoms with van der Waals surface area (Å²) in [6, 6.07) is 32.0. The maximum absolute atomic E-state index is 10.9. The number of aromatic amines is 1. The lowest BCUT2D eigenvalue weighted by atomic mass is 10.0. The number of anilines is 1. The highest BCUT2D eigenvalue weighted by atomic mass is 16.5. The van der Waals surface area contributed by atoms with Gasteiger partial charge in [-0.15, -0.1) is 0 Å². The summed E-state index contributed by atoms with van der Waals surface area (Å²) in [6.07, 6.45) is 7.09. The molecule has 15 nitrogen and oxygen atoms in total. The lowest BCUT2D eigenvalue weighted by Gasteiger charge is -2.14. The Labute approximate surface area is 535 Å². The van der Waals surface area contributed by atoms with Crippen molar-refractivity contribution in [2.24, 2.45) is 32.5 Å². The Morgan fingerprint density at radius 1 is 0.472 bits per heavy atom. The monoisotopic (exact) mass is 1230 g/mol. The lowest BCUT2D eigenvalue weighted by molar-refractivity contribution is -0.132. The molecule has 2 N–H and O–H groups in total. The minimum atomic E-state index is -0.402. The number of nitrogens with zero attached hydrogens (tertiary/aromatic N) is 4. The normalized spacial score (nSPS) is 13.9. The molecular formula is C74H114N6O9. The molecule has 0 unspecified atom stereocenters. The van der Waals surface area contributed by atoms with Gasteiger partial charge >= 0.3 is 11.7 Å². The zero-order valence-corrected chi connectivity index (χ0v) is 59.1.